The summed E-state index contributed by atoms with van der Waals surface area (Å²) in [5.74, 6) is -0.784. The van der Waals surface area contributed by atoms with Gasteiger partial charge in [0.05, 0.1) is 11.3 Å². The number of carboxylic acids is 1. The Morgan fingerprint density at radius 1 is 1.44 bits per heavy atom. The Morgan fingerprint density at radius 2 is 2.11 bits per heavy atom. The number of carboxylic acid groups (broad SMARTS) is 1. The van der Waals surface area contributed by atoms with E-state index in [1.165, 1.54) is 10.4 Å². The molecule has 1 fully saturated rings. The van der Waals surface area contributed by atoms with Crippen molar-refractivity contribution in [1.82, 2.24) is 4.98 Å². The molecule has 1 aromatic rings. The minimum absolute atomic E-state index is 0.0873. The Hall–Kier alpha value is -1.63. The Balaban J connectivity index is 2.56. The third-order valence-corrected chi connectivity index (χ3v) is 4.93. The van der Waals surface area contributed by atoms with E-state index in [-0.39, 0.29) is 17.1 Å². The predicted molar refractivity (Wildman–Crippen MR) is 66.4 cm³/mol. The first kappa shape index (κ1) is 12.8. The molecular formula is C11H14N2O4S. The van der Waals surface area contributed by atoms with Crippen LogP contribution in [0.5, 0.6) is 0 Å². The molecular weight excluding hydrogens is 256 g/mol. The molecule has 18 heavy (non-hydrogen) atoms. The molecule has 0 aromatic carbocycles. The van der Waals surface area contributed by atoms with E-state index in [0.29, 0.717) is 24.2 Å². The number of nitrogens with zero attached hydrogens (tertiary/aromatic N) is 2. The molecule has 2 rings (SSSR count). The second-order valence-corrected chi connectivity index (χ2v) is 6.30. The number of hydrogen-bond donors (Lipinski definition) is 1. The van der Waals surface area contributed by atoms with E-state index < -0.39 is 16.0 Å². The maximum Gasteiger partial charge on any atom is 0.336 e. The second-order valence-electron chi connectivity index (χ2n) is 4.29. The van der Waals surface area contributed by atoms with E-state index in [1.807, 2.05) is 0 Å². The number of anilines is 1. The fraction of sp³-hybridized carbons (Fsp3) is 0.455. The van der Waals surface area contributed by atoms with Crippen LogP contribution in [0, 0.1) is 13.8 Å². The lowest BCUT2D eigenvalue weighted by Crippen LogP contribution is -2.26. The normalized spacial score (nSPS) is 18.0. The molecule has 0 atom stereocenters. The third-order valence-electron chi connectivity index (χ3n) is 3.09. The lowest BCUT2D eigenvalue weighted by atomic mass is 10.1. The molecule has 0 bridgehead atoms. The van der Waals surface area contributed by atoms with E-state index in [2.05, 4.69) is 4.98 Å². The van der Waals surface area contributed by atoms with Crippen molar-refractivity contribution in [2.45, 2.75) is 20.3 Å². The van der Waals surface area contributed by atoms with Crippen LogP contribution in [0.2, 0.25) is 0 Å². The number of hydrogen-bond acceptors (Lipinski definition) is 4. The van der Waals surface area contributed by atoms with Gasteiger partial charge in [-0.05, 0) is 31.9 Å². The summed E-state index contributed by atoms with van der Waals surface area (Å²) in [5, 5.41) is 9.09. The maximum absolute atomic E-state index is 11.8. The van der Waals surface area contributed by atoms with Crippen molar-refractivity contribution in [2.24, 2.45) is 0 Å². The van der Waals surface area contributed by atoms with E-state index in [9.17, 15) is 13.2 Å². The van der Waals surface area contributed by atoms with E-state index in [0.717, 1.165) is 0 Å². The number of sulfonamides is 1. The Labute approximate surface area is 105 Å². The summed E-state index contributed by atoms with van der Waals surface area (Å²) >= 11 is 0. The van der Waals surface area contributed by atoms with Gasteiger partial charge >= 0.3 is 5.97 Å². The SMILES string of the molecule is Cc1nc(N2CCCS2(=O)=O)cc(C(=O)O)c1C. The smallest absolute Gasteiger partial charge is 0.336 e. The molecule has 0 spiro atoms. The predicted octanol–water partition coefficient (Wildman–Crippen LogP) is 0.937. The fourth-order valence-electron chi connectivity index (χ4n) is 1.97. The highest BCUT2D eigenvalue weighted by atomic mass is 32.2. The molecule has 98 valence electrons. The average Bonchev–Trinajstić information content (AvgIpc) is 2.61. The largest absolute Gasteiger partial charge is 0.478 e. The van der Waals surface area contributed by atoms with Crippen LogP contribution in [0.15, 0.2) is 6.07 Å². The molecule has 0 saturated carbocycles. The summed E-state index contributed by atoms with van der Waals surface area (Å²) in [6.07, 6.45) is 0.541. The fourth-order valence-corrected chi connectivity index (χ4v) is 3.47. The lowest BCUT2D eigenvalue weighted by molar-refractivity contribution is 0.0696. The van der Waals surface area contributed by atoms with Crippen LogP contribution in [0.1, 0.15) is 28.0 Å². The van der Waals surface area contributed by atoms with Gasteiger partial charge in [-0.3, -0.25) is 4.31 Å². The van der Waals surface area contributed by atoms with Gasteiger partial charge in [-0.2, -0.15) is 0 Å². The van der Waals surface area contributed by atoms with Gasteiger partial charge in [-0.25, -0.2) is 18.2 Å². The topological polar surface area (TPSA) is 87.6 Å². The zero-order chi connectivity index (χ0) is 13.5. The highest BCUT2D eigenvalue weighted by Gasteiger charge is 2.30. The summed E-state index contributed by atoms with van der Waals surface area (Å²) in [7, 11) is -3.33. The molecule has 0 radical (unpaired) electrons. The van der Waals surface area contributed by atoms with Gasteiger partial charge in [0.1, 0.15) is 5.82 Å². The zero-order valence-electron chi connectivity index (χ0n) is 10.2. The lowest BCUT2D eigenvalue weighted by Gasteiger charge is -2.17. The van der Waals surface area contributed by atoms with Crippen molar-refractivity contribution in [1.29, 1.82) is 0 Å². The van der Waals surface area contributed by atoms with Gasteiger partial charge in [0.25, 0.3) is 0 Å². The van der Waals surface area contributed by atoms with Crippen LogP contribution in [-0.2, 0) is 10.0 Å². The second kappa shape index (κ2) is 4.24. The van der Waals surface area contributed by atoms with Gasteiger partial charge in [0, 0.05) is 12.2 Å². The van der Waals surface area contributed by atoms with Gasteiger partial charge < -0.3 is 5.11 Å². The molecule has 0 amide bonds. The van der Waals surface area contributed by atoms with Gasteiger partial charge in [-0.15, -0.1) is 0 Å². The van der Waals surface area contributed by atoms with Crippen molar-refractivity contribution < 1.29 is 18.3 Å². The summed E-state index contributed by atoms with van der Waals surface area (Å²) in [6, 6.07) is 1.33. The minimum atomic E-state index is -3.33. The first-order valence-corrected chi connectivity index (χ1v) is 7.16. The highest BCUT2D eigenvalue weighted by Crippen LogP contribution is 2.25. The van der Waals surface area contributed by atoms with Crippen LogP contribution in [0.3, 0.4) is 0 Å². The molecule has 1 saturated heterocycles. The summed E-state index contributed by atoms with van der Waals surface area (Å²) in [4.78, 5) is 15.3. The molecule has 1 aromatic heterocycles. The Bertz CT molecular complexity index is 610. The maximum atomic E-state index is 11.8. The van der Waals surface area contributed by atoms with Crippen molar-refractivity contribution in [3.8, 4) is 0 Å². The first-order chi connectivity index (χ1) is 8.33. The minimum Gasteiger partial charge on any atom is -0.478 e. The zero-order valence-corrected chi connectivity index (χ0v) is 11.0. The van der Waals surface area contributed by atoms with Gasteiger partial charge in [0.15, 0.2) is 0 Å². The highest BCUT2D eigenvalue weighted by molar-refractivity contribution is 7.93. The number of aryl methyl sites for hydroxylation is 1. The van der Waals surface area contributed by atoms with Crippen LogP contribution in [0.4, 0.5) is 5.82 Å². The average molecular weight is 270 g/mol. The summed E-state index contributed by atoms with van der Waals surface area (Å²) in [6.45, 7) is 3.69. The van der Waals surface area contributed by atoms with Gasteiger partial charge in [0.2, 0.25) is 10.0 Å². The van der Waals surface area contributed by atoms with Crippen molar-refractivity contribution >= 4 is 21.8 Å². The van der Waals surface area contributed by atoms with E-state index >= 15 is 0 Å². The van der Waals surface area contributed by atoms with Crippen LogP contribution in [-0.4, -0.2) is 36.8 Å². The molecule has 0 aliphatic carbocycles. The van der Waals surface area contributed by atoms with Crippen LogP contribution >= 0.6 is 0 Å². The number of rotatable bonds is 2. The van der Waals surface area contributed by atoms with E-state index in [4.69, 9.17) is 5.11 Å². The van der Waals surface area contributed by atoms with Crippen molar-refractivity contribution in [2.75, 3.05) is 16.6 Å². The van der Waals surface area contributed by atoms with Crippen molar-refractivity contribution in [3.63, 3.8) is 0 Å². The van der Waals surface area contributed by atoms with Crippen molar-refractivity contribution in [3.05, 3.63) is 22.9 Å². The molecule has 2 heterocycles. The first-order valence-electron chi connectivity index (χ1n) is 5.55. The van der Waals surface area contributed by atoms with Crippen LogP contribution < -0.4 is 4.31 Å². The summed E-state index contributed by atoms with van der Waals surface area (Å²) < 4.78 is 24.7. The standard InChI is InChI=1S/C11H14N2O4S/c1-7-8(2)12-10(6-9(7)11(14)15)13-4-3-5-18(13,16)17/h6H,3-5H2,1-2H3,(H,14,15). The monoisotopic (exact) mass is 270 g/mol. The molecule has 0 unspecified atom stereocenters. The molecule has 1 aliphatic heterocycles. The third kappa shape index (κ3) is 2.05. The number of carbonyl (C=O) groups is 1. The molecule has 1 aliphatic rings. The number of aromatic carboxylic acids is 1. The molecule has 6 nitrogen and oxygen atoms in total. The molecule has 7 heteroatoms. The number of pyridine rings is 1. The van der Waals surface area contributed by atoms with E-state index in [1.54, 1.807) is 13.8 Å². The summed E-state index contributed by atoms with van der Waals surface area (Å²) in [5.41, 5.74) is 1.19. The Morgan fingerprint density at radius 3 is 2.61 bits per heavy atom. The Kier molecular flexibility index (Phi) is 3.02. The number of aromatic nitrogens is 1. The van der Waals surface area contributed by atoms with Crippen LogP contribution in [0.25, 0.3) is 0 Å². The quantitative estimate of drug-likeness (QED) is 0.864. The molecule has 1 N–H and O–H groups in total. The van der Waals surface area contributed by atoms with Gasteiger partial charge in [-0.1, -0.05) is 0 Å².